The Bertz CT molecular complexity index is 497. The average Bonchev–Trinajstić information content (AvgIpc) is 2.78. The third kappa shape index (κ3) is 4.17. The summed E-state index contributed by atoms with van der Waals surface area (Å²) in [6.45, 7) is 1.14. The number of hydrogen-bond donors (Lipinski definition) is 2. The van der Waals surface area contributed by atoms with E-state index in [0.717, 1.165) is 13.0 Å². The first kappa shape index (κ1) is 16.9. The lowest BCUT2D eigenvalue weighted by atomic mass is 10.1. The van der Waals surface area contributed by atoms with Crippen LogP contribution in [0.5, 0.6) is 0 Å². The molecule has 0 bridgehead atoms. The summed E-state index contributed by atoms with van der Waals surface area (Å²) in [7, 11) is 4.02. The van der Waals surface area contributed by atoms with Crippen LogP contribution in [0.1, 0.15) is 11.1 Å². The molecule has 0 saturated carbocycles. The largest absolute Gasteiger partial charge is 1.00 e. The minimum absolute atomic E-state index is 0. The van der Waals surface area contributed by atoms with Crippen molar-refractivity contribution in [3.8, 4) is 11.1 Å². The fourth-order valence-corrected chi connectivity index (χ4v) is 2.30. The molecule has 1 aliphatic rings. The Morgan fingerprint density at radius 1 is 0.900 bits per heavy atom. The van der Waals surface area contributed by atoms with E-state index in [0.29, 0.717) is 6.61 Å². The number of benzene rings is 2. The molecule has 0 spiro atoms. The molecule has 1 aliphatic carbocycles. The second-order valence-corrected chi connectivity index (χ2v) is 5.17. The predicted molar refractivity (Wildman–Crippen MR) is 79.4 cm³/mol. The second kappa shape index (κ2) is 8.20. The molecular formula is C17H22BrNO. The first-order valence-corrected chi connectivity index (χ1v) is 6.78. The van der Waals surface area contributed by atoms with Crippen molar-refractivity contribution < 1.29 is 27.0 Å². The SMILES string of the molecule is C[NH+](C)CCO.[Br-].c1ccc2c(c1)Cc1ccccc1-2. The molecule has 0 amide bonds. The minimum atomic E-state index is 0. The fraction of sp³-hybridized carbons (Fsp3) is 0.294. The number of aliphatic hydroxyl groups excluding tert-OH is 1. The van der Waals surface area contributed by atoms with Gasteiger partial charge in [0, 0.05) is 0 Å². The van der Waals surface area contributed by atoms with Gasteiger partial charge >= 0.3 is 0 Å². The molecule has 3 heteroatoms. The molecule has 20 heavy (non-hydrogen) atoms. The molecule has 2 N–H and O–H groups in total. The van der Waals surface area contributed by atoms with Crippen LogP contribution in [0.15, 0.2) is 48.5 Å². The van der Waals surface area contributed by atoms with Crippen LogP contribution in [0.4, 0.5) is 0 Å². The van der Waals surface area contributed by atoms with Crippen LogP contribution in [0.3, 0.4) is 0 Å². The highest BCUT2D eigenvalue weighted by molar-refractivity contribution is 5.76. The molecule has 0 aliphatic heterocycles. The number of aliphatic hydroxyl groups is 1. The summed E-state index contributed by atoms with van der Waals surface area (Å²) in [5, 5.41) is 8.22. The summed E-state index contributed by atoms with van der Waals surface area (Å²) in [4.78, 5) is 1.29. The quantitative estimate of drug-likeness (QED) is 0.578. The van der Waals surface area contributed by atoms with Crippen molar-refractivity contribution in [2.75, 3.05) is 27.2 Å². The summed E-state index contributed by atoms with van der Waals surface area (Å²) < 4.78 is 0. The van der Waals surface area contributed by atoms with Crippen LogP contribution >= 0.6 is 0 Å². The monoisotopic (exact) mass is 335 g/mol. The third-order valence-corrected chi connectivity index (χ3v) is 3.32. The molecule has 0 heterocycles. The van der Waals surface area contributed by atoms with E-state index in [1.54, 1.807) is 0 Å². The topological polar surface area (TPSA) is 24.7 Å². The lowest BCUT2D eigenvalue weighted by Crippen LogP contribution is -3.06. The van der Waals surface area contributed by atoms with Gasteiger partial charge in [-0.15, -0.1) is 0 Å². The van der Waals surface area contributed by atoms with Crippen molar-refractivity contribution in [3.63, 3.8) is 0 Å². The van der Waals surface area contributed by atoms with E-state index in [1.165, 1.54) is 27.2 Å². The average molecular weight is 336 g/mol. The van der Waals surface area contributed by atoms with Crippen molar-refractivity contribution in [2.24, 2.45) is 0 Å². The van der Waals surface area contributed by atoms with Gasteiger partial charge in [-0.05, 0) is 28.7 Å². The van der Waals surface area contributed by atoms with Crippen LogP contribution in [0.2, 0.25) is 0 Å². The van der Waals surface area contributed by atoms with Gasteiger partial charge in [-0.2, -0.15) is 0 Å². The Morgan fingerprint density at radius 2 is 1.35 bits per heavy atom. The molecule has 2 aromatic rings. The first-order chi connectivity index (χ1) is 9.22. The summed E-state index contributed by atoms with van der Waals surface area (Å²) in [6.07, 6.45) is 1.10. The van der Waals surface area contributed by atoms with Crippen molar-refractivity contribution in [3.05, 3.63) is 59.7 Å². The molecule has 0 aromatic heterocycles. The predicted octanol–water partition coefficient (Wildman–Crippen LogP) is -1.61. The fourth-order valence-electron chi connectivity index (χ4n) is 2.30. The number of nitrogens with one attached hydrogen (secondary N) is 1. The Labute approximate surface area is 131 Å². The van der Waals surface area contributed by atoms with Crippen molar-refractivity contribution in [1.29, 1.82) is 0 Å². The van der Waals surface area contributed by atoms with Crippen LogP contribution in [-0.2, 0) is 6.42 Å². The lowest BCUT2D eigenvalue weighted by Gasteiger charge is -2.00. The van der Waals surface area contributed by atoms with E-state index in [9.17, 15) is 0 Å². The molecule has 0 fully saturated rings. The normalized spacial score (nSPS) is 11.0. The number of rotatable bonds is 2. The van der Waals surface area contributed by atoms with E-state index in [-0.39, 0.29) is 17.0 Å². The minimum Gasteiger partial charge on any atom is -1.00 e. The Morgan fingerprint density at radius 3 is 1.70 bits per heavy atom. The Kier molecular flexibility index (Phi) is 6.93. The Balaban J connectivity index is 0.000000250. The highest BCUT2D eigenvalue weighted by Gasteiger charge is 2.15. The zero-order valence-electron chi connectivity index (χ0n) is 12.1. The van der Waals surface area contributed by atoms with Gasteiger partial charge in [0.05, 0.1) is 20.7 Å². The number of likely N-dealkylation sites (N-methyl/N-ethyl adjacent to an activating group) is 1. The van der Waals surface area contributed by atoms with Gasteiger partial charge in [0.25, 0.3) is 0 Å². The summed E-state index contributed by atoms with van der Waals surface area (Å²) in [5.41, 5.74) is 5.75. The second-order valence-electron chi connectivity index (χ2n) is 5.17. The van der Waals surface area contributed by atoms with Crippen LogP contribution in [0.25, 0.3) is 11.1 Å². The van der Waals surface area contributed by atoms with E-state index in [1.807, 2.05) is 14.1 Å². The van der Waals surface area contributed by atoms with Gasteiger partial charge in [0.2, 0.25) is 0 Å². The number of fused-ring (bicyclic) bond motifs is 3. The first-order valence-electron chi connectivity index (χ1n) is 6.78. The molecule has 0 radical (unpaired) electrons. The maximum Gasteiger partial charge on any atom is 0.100 e. The zero-order valence-corrected chi connectivity index (χ0v) is 13.7. The van der Waals surface area contributed by atoms with E-state index >= 15 is 0 Å². The van der Waals surface area contributed by atoms with Gasteiger partial charge in [0.1, 0.15) is 6.54 Å². The molecular weight excluding hydrogens is 314 g/mol. The molecule has 0 unspecified atom stereocenters. The smallest absolute Gasteiger partial charge is 0.100 e. The van der Waals surface area contributed by atoms with Crippen LogP contribution in [0, 0.1) is 0 Å². The highest BCUT2D eigenvalue weighted by Crippen LogP contribution is 2.35. The lowest BCUT2D eigenvalue weighted by molar-refractivity contribution is -0.858. The Hall–Kier alpha value is -1.16. The zero-order chi connectivity index (χ0) is 13.7. The molecule has 2 aromatic carbocycles. The van der Waals surface area contributed by atoms with E-state index < -0.39 is 0 Å². The van der Waals surface area contributed by atoms with Gasteiger partial charge < -0.3 is 27.0 Å². The molecule has 108 valence electrons. The van der Waals surface area contributed by atoms with Crippen molar-refractivity contribution >= 4 is 0 Å². The van der Waals surface area contributed by atoms with Gasteiger partial charge in [0.15, 0.2) is 0 Å². The van der Waals surface area contributed by atoms with Gasteiger partial charge in [-0.25, -0.2) is 0 Å². The molecule has 0 saturated heterocycles. The van der Waals surface area contributed by atoms with Gasteiger partial charge in [-0.3, -0.25) is 0 Å². The maximum absolute atomic E-state index is 8.22. The van der Waals surface area contributed by atoms with Crippen LogP contribution < -0.4 is 21.9 Å². The molecule has 2 nitrogen and oxygen atoms in total. The summed E-state index contributed by atoms with van der Waals surface area (Å²) in [5.74, 6) is 0. The molecule has 0 atom stereocenters. The third-order valence-electron chi connectivity index (χ3n) is 3.32. The maximum atomic E-state index is 8.22. The van der Waals surface area contributed by atoms with Crippen LogP contribution in [-0.4, -0.2) is 32.4 Å². The van der Waals surface area contributed by atoms with Crippen molar-refractivity contribution in [1.82, 2.24) is 0 Å². The van der Waals surface area contributed by atoms with Gasteiger partial charge in [-0.1, -0.05) is 48.5 Å². The number of halogens is 1. The number of quaternary nitrogens is 1. The summed E-state index contributed by atoms with van der Waals surface area (Å²) in [6, 6.07) is 17.3. The summed E-state index contributed by atoms with van der Waals surface area (Å²) >= 11 is 0. The highest BCUT2D eigenvalue weighted by atomic mass is 79.9. The number of hydrogen-bond acceptors (Lipinski definition) is 1. The standard InChI is InChI=1S/C13H10.C4H11NO.BrH/c1-3-7-12-10(5-1)9-11-6-2-4-8-13(11)12;1-5(2)3-4-6;/h1-8H,9H2;6H,3-4H2,1-2H3;1H. The van der Waals surface area contributed by atoms with E-state index in [2.05, 4.69) is 48.5 Å². The van der Waals surface area contributed by atoms with Crippen molar-refractivity contribution in [2.45, 2.75) is 6.42 Å². The molecule has 3 rings (SSSR count). The van der Waals surface area contributed by atoms with E-state index in [4.69, 9.17) is 5.11 Å².